The molecule has 6 unspecified atom stereocenters. The van der Waals surface area contributed by atoms with Crippen LogP contribution >= 0.6 is 34.4 Å². The first-order valence-corrected chi connectivity index (χ1v) is 15.5. The minimum Gasteiger partial charge on any atom is -0.155 e. The van der Waals surface area contributed by atoms with Gasteiger partial charge in [0, 0.05) is 30.0 Å². The van der Waals surface area contributed by atoms with Crippen molar-refractivity contribution in [2.75, 3.05) is 0 Å². The number of aryl methyl sites for hydroxylation is 1. The van der Waals surface area contributed by atoms with E-state index in [2.05, 4.69) is 61.2 Å². The largest absolute Gasteiger partial charge is 0.155 e. The van der Waals surface area contributed by atoms with E-state index in [1.807, 2.05) is 11.3 Å². The molecule has 31 heavy (non-hydrogen) atoms. The molecule has 0 radical (unpaired) electrons. The van der Waals surface area contributed by atoms with Gasteiger partial charge in [0.25, 0.3) is 0 Å². The second-order valence-electron chi connectivity index (χ2n) is 11.2. The zero-order valence-corrected chi connectivity index (χ0v) is 21.7. The fourth-order valence-electron chi connectivity index (χ4n) is 7.42. The summed E-state index contributed by atoms with van der Waals surface area (Å²) < 4.78 is 0. The lowest BCUT2D eigenvalue weighted by atomic mass is 9.69. The molecule has 0 aromatic carbocycles. The Kier molecular flexibility index (Phi) is 6.07. The Bertz CT molecular complexity index is 886. The highest BCUT2D eigenvalue weighted by molar-refractivity contribution is 8.00. The SMILES string of the molecule is Cc1ccc(C2CCC(c3ccc(C4CCC5C(C4)SC4CC(C)CCC45)s3)CC2)s1. The molecule has 0 amide bonds. The molecule has 0 N–H and O–H groups in total. The summed E-state index contributed by atoms with van der Waals surface area (Å²) in [5.74, 6) is 5.61. The maximum atomic E-state index is 2.54. The summed E-state index contributed by atoms with van der Waals surface area (Å²) in [5.41, 5.74) is 0. The van der Waals surface area contributed by atoms with Gasteiger partial charge in [-0.25, -0.2) is 0 Å². The van der Waals surface area contributed by atoms with Crippen LogP contribution in [0.2, 0.25) is 0 Å². The van der Waals surface area contributed by atoms with Crippen molar-refractivity contribution in [3.8, 4) is 0 Å². The van der Waals surface area contributed by atoms with Crippen LogP contribution in [-0.2, 0) is 0 Å². The number of hydrogen-bond donors (Lipinski definition) is 0. The van der Waals surface area contributed by atoms with Gasteiger partial charge in [-0.1, -0.05) is 13.3 Å². The van der Waals surface area contributed by atoms with Crippen LogP contribution in [0.5, 0.6) is 0 Å². The normalized spacial score (nSPS) is 40.5. The van der Waals surface area contributed by atoms with Gasteiger partial charge in [0.05, 0.1) is 0 Å². The van der Waals surface area contributed by atoms with Gasteiger partial charge < -0.3 is 0 Å². The third-order valence-corrected chi connectivity index (χ3v) is 13.5. The Morgan fingerprint density at radius 1 is 0.613 bits per heavy atom. The van der Waals surface area contributed by atoms with Crippen LogP contribution in [-0.4, -0.2) is 10.5 Å². The maximum Gasteiger partial charge on any atom is 0.00873 e. The fraction of sp³-hybridized carbons (Fsp3) is 0.714. The topological polar surface area (TPSA) is 0 Å². The Labute approximate surface area is 201 Å². The first kappa shape index (κ1) is 21.3. The van der Waals surface area contributed by atoms with Gasteiger partial charge in [-0.3, -0.25) is 0 Å². The molecule has 1 aliphatic heterocycles. The molecule has 4 aliphatic rings. The van der Waals surface area contributed by atoms with Gasteiger partial charge in [-0.05, 0) is 124 Å². The lowest BCUT2D eigenvalue weighted by Crippen LogP contribution is -2.30. The van der Waals surface area contributed by atoms with E-state index in [0.717, 1.165) is 46.0 Å². The Morgan fingerprint density at radius 3 is 1.84 bits per heavy atom. The first-order chi connectivity index (χ1) is 15.1. The van der Waals surface area contributed by atoms with Crippen molar-refractivity contribution in [3.63, 3.8) is 0 Å². The molecule has 1 saturated heterocycles. The number of rotatable bonds is 3. The summed E-state index contributed by atoms with van der Waals surface area (Å²) in [7, 11) is 0. The standard InChI is InChI=1S/C28H38S3/c1-17-3-10-22-23-11-9-21(16-28(23)31-27(22)15-17)26-14-13-25(30-26)20-7-5-19(6-8-20)24-12-4-18(2)29-24/h4,12-14,17,19-23,27-28H,3,5-11,15-16H2,1-2H3. The van der Waals surface area contributed by atoms with Crippen molar-refractivity contribution in [2.45, 2.75) is 106 Å². The molecule has 0 spiro atoms. The molecule has 3 heteroatoms. The summed E-state index contributed by atoms with van der Waals surface area (Å²) in [5, 5.41) is 1.97. The molecule has 6 rings (SSSR count). The van der Waals surface area contributed by atoms with Crippen LogP contribution in [0, 0.1) is 24.7 Å². The zero-order valence-electron chi connectivity index (χ0n) is 19.2. The molecule has 3 heterocycles. The lowest BCUT2D eigenvalue weighted by molar-refractivity contribution is 0.198. The predicted molar refractivity (Wildman–Crippen MR) is 139 cm³/mol. The van der Waals surface area contributed by atoms with Crippen LogP contribution in [0.1, 0.15) is 108 Å². The van der Waals surface area contributed by atoms with Crippen molar-refractivity contribution in [2.24, 2.45) is 17.8 Å². The van der Waals surface area contributed by atoms with E-state index in [4.69, 9.17) is 0 Å². The molecule has 3 aliphatic carbocycles. The van der Waals surface area contributed by atoms with E-state index in [-0.39, 0.29) is 0 Å². The number of fused-ring (bicyclic) bond motifs is 3. The van der Waals surface area contributed by atoms with Crippen LogP contribution in [0.25, 0.3) is 0 Å². The van der Waals surface area contributed by atoms with E-state index in [0.29, 0.717) is 0 Å². The van der Waals surface area contributed by atoms with Crippen molar-refractivity contribution in [3.05, 3.63) is 43.8 Å². The van der Waals surface area contributed by atoms with Gasteiger partial charge in [0.15, 0.2) is 0 Å². The second-order valence-corrected chi connectivity index (χ2v) is 15.2. The first-order valence-electron chi connectivity index (χ1n) is 13.0. The molecule has 2 aromatic rings. The molecule has 6 atom stereocenters. The van der Waals surface area contributed by atoms with Gasteiger partial charge in [-0.2, -0.15) is 11.8 Å². The summed E-state index contributed by atoms with van der Waals surface area (Å²) in [6.07, 6.45) is 14.6. The van der Waals surface area contributed by atoms with Crippen LogP contribution in [0.4, 0.5) is 0 Å². The van der Waals surface area contributed by atoms with Crippen LogP contribution in [0.3, 0.4) is 0 Å². The van der Waals surface area contributed by atoms with Gasteiger partial charge in [0.1, 0.15) is 0 Å². The molecule has 168 valence electrons. The maximum absolute atomic E-state index is 2.54. The minimum atomic E-state index is 0.829. The molecule has 4 fully saturated rings. The third-order valence-electron chi connectivity index (χ3n) is 9.19. The second kappa shape index (κ2) is 8.84. The molecular weight excluding hydrogens is 433 g/mol. The number of thioether (sulfide) groups is 1. The molecule has 0 bridgehead atoms. The van der Waals surface area contributed by atoms with Crippen LogP contribution in [0.15, 0.2) is 24.3 Å². The molecule has 0 nitrogen and oxygen atoms in total. The summed E-state index contributed by atoms with van der Waals surface area (Å²) >= 11 is 6.65. The Morgan fingerprint density at radius 2 is 1.16 bits per heavy atom. The van der Waals surface area contributed by atoms with Crippen molar-refractivity contribution in [1.29, 1.82) is 0 Å². The van der Waals surface area contributed by atoms with E-state index < -0.39 is 0 Å². The molecule has 3 saturated carbocycles. The number of hydrogen-bond acceptors (Lipinski definition) is 3. The fourth-order valence-corrected chi connectivity index (χ4v) is 12.1. The van der Waals surface area contributed by atoms with Crippen LogP contribution < -0.4 is 0 Å². The van der Waals surface area contributed by atoms with Gasteiger partial charge >= 0.3 is 0 Å². The average Bonchev–Trinajstić information content (AvgIpc) is 3.51. The van der Waals surface area contributed by atoms with Gasteiger partial charge in [-0.15, -0.1) is 22.7 Å². The van der Waals surface area contributed by atoms with Crippen molar-refractivity contribution >= 4 is 34.4 Å². The predicted octanol–water partition coefficient (Wildman–Crippen LogP) is 9.36. The van der Waals surface area contributed by atoms with E-state index >= 15 is 0 Å². The van der Waals surface area contributed by atoms with Gasteiger partial charge in [0.2, 0.25) is 0 Å². The minimum absolute atomic E-state index is 0.829. The monoisotopic (exact) mass is 470 g/mol. The highest BCUT2D eigenvalue weighted by Crippen LogP contribution is 2.58. The lowest BCUT2D eigenvalue weighted by Gasteiger charge is -2.35. The number of thiophene rings is 2. The zero-order chi connectivity index (χ0) is 20.9. The van der Waals surface area contributed by atoms with E-state index in [1.54, 1.807) is 14.6 Å². The molecular formula is C28H38S3. The quantitative estimate of drug-likeness (QED) is 0.430. The smallest absolute Gasteiger partial charge is 0.00873 e. The average molecular weight is 471 g/mol. The summed E-state index contributed by atoms with van der Waals surface area (Å²) in [6, 6.07) is 9.76. The van der Waals surface area contributed by atoms with E-state index in [1.165, 1.54) is 69.1 Å². The Hall–Kier alpha value is -0.250. The van der Waals surface area contributed by atoms with E-state index in [9.17, 15) is 0 Å². The Balaban J connectivity index is 1.07. The summed E-state index contributed by atoms with van der Waals surface area (Å²) in [4.78, 5) is 6.56. The highest BCUT2D eigenvalue weighted by atomic mass is 32.2. The summed E-state index contributed by atoms with van der Waals surface area (Å²) in [6.45, 7) is 4.74. The van der Waals surface area contributed by atoms with Crippen molar-refractivity contribution in [1.82, 2.24) is 0 Å². The highest BCUT2D eigenvalue weighted by Gasteiger charge is 2.48. The third kappa shape index (κ3) is 4.21. The van der Waals surface area contributed by atoms with Crippen molar-refractivity contribution < 1.29 is 0 Å². The molecule has 2 aromatic heterocycles.